The van der Waals surface area contributed by atoms with Crippen molar-refractivity contribution in [2.24, 2.45) is 4.99 Å². The number of aliphatic imine (C=N–C) groups is 1. The number of benzene rings is 2. The molecule has 0 radical (unpaired) electrons. The molecule has 4 heterocycles. The minimum atomic E-state index is -0.173. The highest BCUT2D eigenvalue weighted by atomic mass is 16.5. The van der Waals surface area contributed by atoms with Crippen molar-refractivity contribution >= 4 is 22.9 Å². The van der Waals surface area contributed by atoms with Crippen LogP contribution in [-0.2, 0) is 0 Å². The first-order valence-corrected chi connectivity index (χ1v) is 11.1. The van der Waals surface area contributed by atoms with E-state index in [-0.39, 0.29) is 12.8 Å². The Hall–Kier alpha value is -3.30. The summed E-state index contributed by atoms with van der Waals surface area (Å²) in [6.45, 7) is 3.54. The number of hydrogen-bond acceptors (Lipinski definition) is 8. The van der Waals surface area contributed by atoms with Gasteiger partial charge in [-0.2, -0.15) is 0 Å². The van der Waals surface area contributed by atoms with E-state index in [0.29, 0.717) is 26.6 Å². The fraction of sp³-hybridized carbons (Fsp3) is 0.391. The molecule has 1 aromatic heterocycles. The number of para-hydroxylation sites is 2. The van der Waals surface area contributed by atoms with E-state index in [2.05, 4.69) is 37.9 Å². The standard InChI is InChI=1S/C23H26N6O3/c30-10-3-9-27-14-24-22-26-21(16-7-8-19-20(13-16)32-12-4-11-31-19)29-18-6-2-1-5-17(18)25-23(29)28(22)15-27/h1-2,5-8,13,21,30H,3-4,9-12,14-15H2,(H,24,26). The van der Waals surface area contributed by atoms with Crippen molar-refractivity contribution < 1.29 is 14.6 Å². The molecular formula is C23H26N6O3. The maximum Gasteiger partial charge on any atom is 0.216 e. The van der Waals surface area contributed by atoms with Gasteiger partial charge in [0, 0.05) is 19.6 Å². The van der Waals surface area contributed by atoms with Gasteiger partial charge in [0.1, 0.15) is 6.17 Å². The normalized spacial score (nSPS) is 20.2. The molecule has 166 valence electrons. The van der Waals surface area contributed by atoms with E-state index >= 15 is 0 Å². The molecule has 1 atom stereocenters. The summed E-state index contributed by atoms with van der Waals surface area (Å²) in [5, 5.41) is 12.9. The quantitative estimate of drug-likeness (QED) is 0.650. The lowest BCUT2D eigenvalue weighted by Gasteiger charge is -2.41. The number of anilines is 1. The van der Waals surface area contributed by atoms with Gasteiger partial charge in [-0.3, -0.25) is 14.4 Å². The molecule has 9 heteroatoms. The number of aromatic nitrogens is 2. The molecule has 6 rings (SSSR count). The molecule has 3 aliphatic heterocycles. The summed E-state index contributed by atoms with van der Waals surface area (Å²) in [6.07, 6.45) is 1.43. The number of nitrogens with one attached hydrogen (secondary N) is 1. The Labute approximate surface area is 185 Å². The van der Waals surface area contributed by atoms with E-state index in [1.165, 1.54) is 0 Å². The summed E-state index contributed by atoms with van der Waals surface area (Å²) in [4.78, 5) is 14.1. The van der Waals surface area contributed by atoms with E-state index in [1.807, 2.05) is 24.3 Å². The smallest absolute Gasteiger partial charge is 0.216 e. The molecule has 3 aliphatic rings. The number of aliphatic hydroxyl groups excluding tert-OH is 1. The average molecular weight is 435 g/mol. The summed E-state index contributed by atoms with van der Waals surface area (Å²) in [5.74, 6) is 3.23. The minimum absolute atomic E-state index is 0.173. The van der Waals surface area contributed by atoms with Crippen LogP contribution in [0.15, 0.2) is 47.5 Å². The van der Waals surface area contributed by atoms with Gasteiger partial charge in [-0.25, -0.2) is 9.98 Å². The summed E-state index contributed by atoms with van der Waals surface area (Å²) in [5.41, 5.74) is 3.06. The minimum Gasteiger partial charge on any atom is -0.490 e. The second-order valence-corrected chi connectivity index (χ2v) is 8.24. The monoisotopic (exact) mass is 434 g/mol. The summed E-state index contributed by atoms with van der Waals surface area (Å²) < 4.78 is 14.0. The Morgan fingerprint density at radius 1 is 1.09 bits per heavy atom. The maximum atomic E-state index is 9.22. The lowest BCUT2D eigenvalue weighted by molar-refractivity contribution is 0.223. The van der Waals surface area contributed by atoms with Crippen LogP contribution in [0.4, 0.5) is 5.95 Å². The van der Waals surface area contributed by atoms with Gasteiger partial charge < -0.3 is 19.9 Å². The number of aliphatic hydroxyl groups is 1. The third-order valence-corrected chi connectivity index (χ3v) is 6.08. The lowest BCUT2D eigenvalue weighted by atomic mass is 10.1. The fourth-order valence-electron chi connectivity index (χ4n) is 4.53. The van der Waals surface area contributed by atoms with Crippen molar-refractivity contribution in [2.75, 3.05) is 44.6 Å². The van der Waals surface area contributed by atoms with Crippen LogP contribution in [0.5, 0.6) is 11.5 Å². The highest BCUT2D eigenvalue weighted by Crippen LogP contribution is 2.37. The van der Waals surface area contributed by atoms with Gasteiger partial charge in [0.15, 0.2) is 11.5 Å². The Balaban J connectivity index is 1.44. The zero-order chi connectivity index (χ0) is 21.5. The fourth-order valence-corrected chi connectivity index (χ4v) is 4.53. The van der Waals surface area contributed by atoms with Crippen molar-refractivity contribution in [3.05, 3.63) is 48.0 Å². The molecule has 0 spiro atoms. The largest absolute Gasteiger partial charge is 0.490 e. The van der Waals surface area contributed by atoms with E-state index in [0.717, 1.165) is 59.4 Å². The molecule has 1 unspecified atom stereocenters. The van der Waals surface area contributed by atoms with Gasteiger partial charge in [-0.1, -0.05) is 18.2 Å². The number of imidazole rings is 1. The van der Waals surface area contributed by atoms with Crippen LogP contribution in [0.3, 0.4) is 0 Å². The predicted octanol–water partition coefficient (Wildman–Crippen LogP) is 2.12. The molecule has 0 fully saturated rings. The summed E-state index contributed by atoms with van der Waals surface area (Å²) in [6, 6.07) is 14.3. The van der Waals surface area contributed by atoms with Crippen LogP contribution in [-0.4, -0.2) is 65.2 Å². The lowest BCUT2D eigenvalue weighted by Crippen LogP contribution is -2.57. The van der Waals surface area contributed by atoms with Crippen molar-refractivity contribution in [3.63, 3.8) is 0 Å². The zero-order valence-corrected chi connectivity index (χ0v) is 17.8. The third-order valence-electron chi connectivity index (χ3n) is 6.08. The SMILES string of the molecule is OCCCN1CN=C2NC(c3ccc4c(c3)OCCCO4)n3c(nc4ccccc43)N2C1. The number of fused-ring (bicyclic) bond motifs is 6. The van der Waals surface area contributed by atoms with E-state index in [9.17, 15) is 5.11 Å². The molecule has 0 bridgehead atoms. The number of guanidine groups is 1. The molecule has 0 saturated heterocycles. The van der Waals surface area contributed by atoms with E-state index < -0.39 is 0 Å². The molecule has 9 nitrogen and oxygen atoms in total. The first-order chi connectivity index (χ1) is 15.8. The summed E-state index contributed by atoms with van der Waals surface area (Å²) >= 11 is 0. The second kappa shape index (κ2) is 7.99. The molecule has 32 heavy (non-hydrogen) atoms. The highest BCUT2D eigenvalue weighted by molar-refractivity contribution is 5.98. The molecule has 0 aliphatic carbocycles. The van der Waals surface area contributed by atoms with Gasteiger partial charge in [0.05, 0.1) is 37.6 Å². The number of ether oxygens (including phenoxy) is 2. The van der Waals surface area contributed by atoms with Gasteiger partial charge in [0.2, 0.25) is 11.9 Å². The Kier molecular flexibility index (Phi) is 4.84. The highest BCUT2D eigenvalue weighted by Gasteiger charge is 2.36. The Morgan fingerprint density at radius 2 is 1.97 bits per heavy atom. The van der Waals surface area contributed by atoms with Gasteiger partial charge in [-0.15, -0.1) is 0 Å². The molecule has 2 N–H and O–H groups in total. The summed E-state index contributed by atoms with van der Waals surface area (Å²) in [7, 11) is 0. The number of hydrogen-bond donors (Lipinski definition) is 2. The zero-order valence-electron chi connectivity index (χ0n) is 17.8. The average Bonchev–Trinajstić information content (AvgIpc) is 3.06. The third kappa shape index (κ3) is 3.25. The first-order valence-electron chi connectivity index (χ1n) is 11.1. The van der Waals surface area contributed by atoms with Crippen LogP contribution in [0, 0.1) is 0 Å². The number of nitrogens with zero attached hydrogens (tertiary/aromatic N) is 5. The van der Waals surface area contributed by atoms with Crippen LogP contribution >= 0.6 is 0 Å². The second-order valence-electron chi connectivity index (χ2n) is 8.24. The van der Waals surface area contributed by atoms with Crippen molar-refractivity contribution in [1.82, 2.24) is 19.8 Å². The van der Waals surface area contributed by atoms with E-state index in [1.54, 1.807) is 0 Å². The predicted molar refractivity (Wildman–Crippen MR) is 121 cm³/mol. The van der Waals surface area contributed by atoms with Crippen molar-refractivity contribution in [1.29, 1.82) is 0 Å². The molecule has 3 aromatic rings. The van der Waals surface area contributed by atoms with Crippen LogP contribution in [0.2, 0.25) is 0 Å². The van der Waals surface area contributed by atoms with Crippen LogP contribution in [0.1, 0.15) is 24.6 Å². The number of rotatable bonds is 4. The van der Waals surface area contributed by atoms with Gasteiger partial charge in [-0.05, 0) is 36.2 Å². The van der Waals surface area contributed by atoms with E-state index in [4.69, 9.17) is 19.5 Å². The topological polar surface area (TPSA) is 87.4 Å². The molecule has 0 amide bonds. The van der Waals surface area contributed by atoms with Crippen molar-refractivity contribution in [3.8, 4) is 11.5 Å². The van der Waals surface area contributed by atoms with Gasteiger partial charge in [0.25, 0.3) is 0 Å². The molecular weight excluding hydrogens is 408 g/mol. The first kappa shape index (κ1) is 19.4. The van der Waals surface area contributed by atoms with Crippen LogP contribution in [0.25, 0.3) is 11.0 Å². The maximum absolute atomic E-state index is 9.22. The molecule has 2 aromatic carbocycles. The van der Waals surface area contributed by atoms with Crippen molar-refractivity contribution in [2.45, 2.75) is 19.0 Å². The Bertz CT molecular complexity index is 1180. The van der Waals surface area contributed by atoms with Crippen LogP contribution < -0.4 is 19.7 Å². The van der Waals surface area contributed by atoms with Gasteiger partial charge >= 0.3 is 0 Å². The Morgan fingerprint density at radius 3 is 2.88 bits per heavy atom. The molecule has 0 saturated carbocycles.